The number of carbonyl (C=O) groups is 1. The molecular formula is C20H22N4O3S. The third kappa shape index (κ3) is 4.77. The molecule has 1 heterocycles. The summed E-state index contributed by atoms with van der Waals surface area (Å²) in [6.45, 7) is 4.23. The number of rotatable bonds is 8. The van der Waals surface area contributed by atoms with Crippen molar-refractivity contribution >= 4 is 38.8 Å². The Balaban J connectivity index is 1.58. The summed E-state index contributed by atoms with van der Waals surface area (Å²) in [4.78, 5) is 16.7. The second kappa shape index (κ2) is 9.18. The number of methoxy groups -OCH3 is 1. The summed E-state index contributed by atoms with van der Waals surface area (Å²) in [5.74, 6) is 1.02. The van der Waals surface area contributed by atoms with Gasteiger partial charge in [0.2, 0.25) is 0 Å². The highest BCUT2D eigenvalue weighted by Crippen LogP contribution is 2.27. The molecule has 8 heteroatoms. The molecule has 1 atom stereocenters. The van der Waals surface area contributed by atoms with Crippen molar-refractivity contribution in [1.29, 1.82) is 0 Å². The fraction of sp³-hybridized carbons (Fsp3) is 0.250. The van der Waals surface area contributed by atoms with Crippen LogP contribution in [0.15, 0.2) is 47.6 Å². The van der Waals surface area contributed by atoms with Gasteiger partial charge in [-0.25, -0.2) is 10.4 Å². The first-order valence-electron chi connectivity index (χ1n) is 8.86. The maximum atomic E-state index is 12.3. The molecule has 3 rings (SSSR count). The van der Waals surface area contributed by atoms with Crippen molar-refractivity contribution < 1.29 is 14.3 Å². The van der Waals surface area contributed by atoms with E-state index >= 15 is 0 Å². The number of hydrazone groups is 1. The van der Waals surface area contributed by atoms with E-state index in [2.05, 4.69) is 20.8 Å². The first-order valence-corrected chi connectivity index (χ1v) is 9.68. The molecule has 0 aliphatic carbocycles. The van der Waals surface area contributed by atoms with Gasteiger partial charge in [0.15, 0.2) is 16.6 Å². The topological polar surface area (TPSA) is 84.8 Å². The lowest BCUT2D eigenvalue weighted by atomic mass is 10.2. The number of fused-ring (bicyclic) bond motifs is 1. The molecule has 0 radical (unpaired) electrons. The number of amides is 1. The predicted molar refractivity (Wildman–Crippen MR) is 113 cm³/mol. The van der Waals surface area contributed by atoms with Gasteiger partial charge in [0.05, 0.1) is 30.1 Å². The molecule has 1 amide bonds. The Bertz CT molecular complexity index is 953. The molecule has 0 aliphatic heterocycles. The van der Waals surface area contributed by atoms with Gasteiger partial charge in [-0.3, -0.25) is 4.79 Å². The lowest BCUT2D eigenvalue weighted by Crippen LogP contribution is -2.34. The lowest BCUT2D eigenvalue weighted by molar-refractivity contribution is -0.121. The van der Waals surface area contributed by atoms with Gasteiger partial charge >= 0.3 is 0 Å². The van der Waals surface area contributed by atoms with Gasteiger partial charge < -0.3 is 14.8 Å². The number of para-hydroxylation sites is 1. The standard InChI is InChI=1S/C20H22N4O3S/c1-4-27-16-10-9-14(11-17(16)26-3)12-21-24-19(25)13(2)22-20-23-15-7-5-6-8-18(15)28-20/h5-13H,4H2,1-3H3,(H,22,23)(H,24,25)/b21-12-/t13-/m1/s1. The summed E-state index contributed by atoms with van der Waals surface area (Å²) in [6.07, 6.45) is 1.56. The molecule has 1 aromatic heterocycles. The number of anilines is 1. The Morgan fingerprint density at radius 2 is 2.11 bits per heavy atom. The molecular weight excluding hydrogens is 376 g/mol. The monoisotopic (exact) mass is 398 g/mol. The zero-order valence-electron chi connectivity index (χ0n) is 15.9. The summed E-state index contributed by atoms with van der Waals surface area (Å²) in [5, 5.41) is 7.82. The van der Waals surface area contributed by atoms with Crippen LogP contribution in [0.2, 0.25) is 0 Å². The maximum Gasteiger partial charge on any atom is 0.262 e. The van der Waals surface area contributed by atoms with Crippen molar-refractivity contribution in [2.45, 2.75) is 19.9 Å². The van der Waals surface area contributed by atoms with E-state index in [1.54, 1.807) is 26.3 Å². The molecule has 2 aromatic carbocycles. The molecule has 0 unspecified atom stereocenters. The highest BCUT2D eigenvalue weighted by molar-refractivity contribution is 7.22. The number of aromatic nitrogens is 1. The van der Waals surface area contributed by atoms with Crippen LogP contribution >= 0.6 is 11.3 Å². The molecule has 28 heavy (non-hydrogen) atoms. The largest absolute Gasteiger partial charge is 0.493 e. The van der Waals surface area contributed by atoms with Crippen molar-refractivity contribution in [3.8, 4) is 11.5 Å². The van der Waals surface area contributed by atoms with Gasteiger partial charge in [0.1, 0.15) is 6.04 Å². The van der Waals surface area contributed by atoms with E-state index < -0.39 is 6.04 Å². The van der Waals surface area contributed by atoms with Crippen LogP contribution < -0.4 is 20.2 Å². The van der Waals surface area contributed by atoms with Crippen molar-refractivity contribution in [2.24, 2.45) is 5.10 Å². The summed E-state index contributed by atoms with van der Waals surface area (Å²) >= 11 is 1.51. The zero-order chi connectivity index (χ0) is 19.9. The number of nitrogens with one attached hydrogen (secondary N) is 2. The van der Waals surface area contributed by atoms with Gasteiger partial charge in [-0.05, 0) is 49.7 Å². The molecule has 0 saturated carbocycles. The first-order chi connectivity index (χ1) is 13.6. The van der Waals surface area contributed by atoms with Crippen molar-refractivity contribution in [2.75, 3.05) is 19.0 Å². The number of carbonyl (C=O) groups excluding carboxylic acids is 1. The van der Waals surface area contributed by atoms with E-state index in [4.69, 9.17) is 9.47 Å². The lowest BCUT2D eigenvalue weighted by Gasteiger charge is -2.11. The summed E-state index contributed by atoms with van der Waals surface area (Å²) in [7, 11) is 1.58. The highest BCUT2D eigenvalue weighted by Gasteiger charge is 2.14. The molecule has 7 nitrogen and oxygen atoms in total. The number of hydrogen-bond acceptors (Lipinski definition) is 7. The van der Waals surface area contributed by atoms with E-state index in [1.165, 1.54) is 11.3 Å². The molecule has 0 bridgehead atoms. The number of hydrogen-bond donors (Lipinski definition) is 2. The fourth-order valence-corrected chi connectivity index (χ4v) is 3.44. The van der Waals surface area contributed by atoms with Crippen molar-refractivity contribution in [3.05, 3.63) is 48.0 Å². The van der Waals surface area contributed by atoms with Crippen LogP contribution in [0.5, 0.6) is 11.5 Å². The van der Waals surface area contributed by atoms with Crippen LogP contribution in [0.25, 0.3) is 10.2 Å². The number of benzene rings is 2. The molecule has 146 valence electrons. The Morgan fingerprint density at radius 1 is 1.29 bits per heavy atom. The van der Waals surface area contributed by atoms with E-state index in [1.807, 2.05) is 43.3 Å². The minimum absolute atomic E-state index is 0.256. The molecule has 0 spiro atoms. The molecule has 0 fully saturated rings. The number of ether oxygens (including phenoxy) is 2. The fourth-order valence-electron chi connectivity index (χ4n) is 2.49. The average molecular weight is 398 g/mol. The van der Waals surface area contributed by atoms with Gasteiger partial charge in [0.25, 0.3) is 5.91 Å². The summed E-state index contributed by atoms with van der Waals surface area (Å²) in [6, 6.07) is 12.8. The third-order valence-electron chi connectivity index (χ3n) is 3.90. The van der Waals surface area contributed by atoms with E-state index in [0.717, 1.165) is 15.8 Å². The molecule has 2 N–H and O–H groups in total. The molecule has 3 aromatic rings. The Kier molecular flexibility index (Phi) is 6.44. The van der Waals surface area contributed by atoms with E-state index in [9.17, 15) is 4.79 Å². The minimum atomic E-state index is -0.479. The minimum Gasteiger partial charge on any atom is -0.493 e. The number of nitrogens with zero attached hydrogens (tertiary/aromatic N) is 2. The van der Waals surface area contributed by atoms with Crippen LogP contribution in [0.3, 0.4) is 0 Å². The van der Waals surface area contributed by atoms with E-state index in [0.29, 0.717) is 23.2 Å². The zero-order valence-corrected chi connectivity index (χ0v) is 16.7. The van der Waals surface area contributed by atoms with Crippen molar-refractivity contribution in [3.63, 3.8) is 0 Å². The van der Waals surface area contributed by atoms with Crippen LogP contribution in [-0.4, -0.2) is 36.9 Å². The summed E-state index contributed by atoms with van der Waals surface area (Å²) < 4.78 is 11.9. The quantitative estimate of drug-likeness (QED) is 0.447. The molecule has 0 aliphatic rings. The third-order valence-corrected chi connectivity index (χ3v) is 4.87. The first kappa shape index (κ1) is 19.6. The predicted octanol–water partition coefficient (Wildman–Crippen LogP) is 3.65. The Labute approximate surface area is 167 Å². The van der Waals surface area contributed by atoms with Crippen LogP contribution in [0.4, 0.5) is 5.13 Å². The highest BCUT2D eigenvalue weighted by atomic mass is 32.1. The smallest absolute Gasteiger partial charge is 0.262 e. The Hall–Kier alpha value is -3.13. The van der Waals surface area contributed by atoms with Gasteiger partial charge in [-0.2, -0.15) is 5.10 Å². The normalized spacial score (nSPS) is 12.1. The van der Waals surface area contributed by atoms with Gasteiger partial charge in [-0.1, -0.05) is 23.5 Å². The van der Waals surface area contributed by atoms with Gasteiger partial charge in [-0.15, -0.1) is 0 Å². The second-order valence-corrected chi connectivity index (χ2v) is 6.96. The SMILES string of the molecule is CCOc1ccc(/C=N\NC(=O)[C@@H](C)Nc2nc3ccccc3s2)cc1OC. The maximum absolute atomic E-state index is 12.3. The Morgan fingerprint density at radius 3 is 2.86 bits per heavy atom. The van der Waals surface area contributed by atoms with Crippen LogP contribution in [0, 0.1) is 0 Å². The van der Waals surface area contributed by atoms with Crippen molar-refractivity contribution in [1.82, 2.24) is 10.4 Å². The van der Waals surface area contributed by atoms with E-state index in [-0.39, 0.29) is 5.91 Å². The van der Waals surface area contributed by atoms with Gasteiger partial charge in [0, 0.05) is 0 Å². The van der Waals surface area contributed by atoms with Crippen LogP contribution in [-0.2, 0) is 4.79 Å². The van der Waals surface area contributed by atoms with Crippen LogP contribution in [0.1, 0.15) is 19.4 Å². The second-order valence-electron chi connectivity index (χ2n) is 5.93. The number of thiazole rings is 1. The molecule has 0 saturated heterocycles. The average Bonchev–Trinajstić information content (AvgIpc) is 3.11. The summed E-state index contributed by atoms with van der Waals surface area (Å²) in [5.41, 5.74) is 4.23.